The molecule has 2 heterocycles. The number of carbonyl (C=O) groups excluding carboxylic acids is 1. The number of quaternary nitrogens is 1. The van der Waals surface area contributed by atoms with Crippen molar-refractivity contribution < 1.29 is 14.4 Å². The van der Waals surface area contributed by atoms with Crippen molar-refractivity contribution in [1.82, 2.24) is 10.3 Å². The highest BCUT2D eigenvalue weighted by atomic mass is 35.5. The van der Waals surface area contributed by atoms with Crippen molar-refractivity contribution in [1.29, 1.82) is 0 Å². The SMILES string of the molecule is O=C(NCCC[NH+]1CCOCC1)c1cc(-c2ccc(Cl)cc2)nc2ccccc12. The smallest absolute Gasteiger partial charge is 0.252 e. The molecule has 2 aromatic carbocycles. The van der Waals surface area contributed by atoms with Crippen LogP contribution in [0.3, 0.4) is 0 Å². The molecule has 0 aliphatic carbocycles. The number of para-hydroxylation sites is 1. The van der Waals surface area contributed by atoms with Crippen LogP contribution in [-0.2, 0) is 4.74 Å². The van der Waals surface area contributed by atoms with Gasteiger partial charge in [-0.2, -0.15) is 0 Å². The van der Waals surface area contributed by atoms with Gasteiger partial charge in [0.25, 0.3) is 5.91 Å². The van der Waals surface area contributed by atoms with E-state index >= 15 is 0 Å². The van der Waals surface area contributed by atoms with Crippen LogP contribution in [0.25, 0.3) is 22.2 Å². The minimum Gasteiger partial charge on any atom is -0.370 e. The molecule has 4 rings (SSSR count). The number of nitrogens with one attached hydrogen (secondary N) is 2. The van der Waals surface area contributed by atoms with Gasteiger partial charge in [0.15, 0.2) is 0 Å². The molecule has 1 fully saturated rings. The number of aromatic nitrogens is 1. The zero-order chi connectivity index (χ0) is 20.1. The fourth-order valence-corrected chi connectivity index (χ4v) is 3.80. The van der Waals surface area contributed by atoms with Crippen molar-refractivity contribution in [3.05, 3.63) is 65.2 Å². The lowest BCUT2D eigenvalue weighted by Gasteiger charge is -2.23. The second-order valence-electron chi connectivity index (χ2n) is 7.30. The molecule has 0 saturated carbocycles. The Bertz CT molecular complexity index is 985. The van der Waals surface area contributed by atoms with Gasteiger partial charge in [0.1, 0.15) is 13.1 Å². The maximum Gasteiger partial charge on any atom is 0.252 e. The topological polar surface area (TPSA) is 55.7 Å². The van der Waals surface area contributed by atoms with Gasteiger partial charge in [-0.05, 0) is 24.3 Å². The third kappa shape index (κ3) is 4.93. The second-order valence-corrected chi connectivity index (χ2v) is 7.74. The Labute approximate surface area is 175 Å². The molecule has 3 aromatic rings. The van der Waals surface area contributed by atoms with E-state index in [0.717, 1.165) is 61.4 Å². The number of amides is 1. The average molecular weight is 411 g/mol. The van der Waals surface area contributed by atoms with Crippen LogP contribution in [-0.4, -0.2) is 50.3 Å². The number of hydrogen-bond acceptors (Lipinski definition) is 3. The van der Waals surface area contributed by atoms with Gasteiger partial charge in [0, 0.05) is 28.9 Å². The highest BCUT2D eigenvalue weighted by Gasteiger charge is 2.15. The predicted molar refractivity (Wildman–Crippen MR) is 116 cm³/mol. The van der Waals surface area contributed by atoms with Crippen molar-refractivity contribution in [3.8, 4) is 11.3 Å². The van der Waals surface area contributed by atoms with Gasteiger partial charge in [-0.3, -0.25) is 4.79 Å². The number of pyridine rings is 1. The Balaban J connectivity index is 1.50. The van der Waals surface area contributed by atoms with Crippen LogP contribution in [0.1, 0.15) is 16.8 Å². The molecule has 1 aromatic heterocycles. The van der Waals surface area contributed by atoms with Crippen molar-refractivity contribution in [2.45, 2.75) is 6.42 Å². The highest BCUT2D eigenvalue weighted by molar-refractivity contribution is 6.30. The minimum absolute atomic E-state index is 0.0595. The number of hydrogen-bond donors (Lipinski definition) is 2. The molecule has 150 valence electrons. The van der Waals surface area contributed by atoms with Crippen LogP contribution in [0.5, 0.6) is 0 Å². The summed E-state index contributed by atoms with van der Waals surface area (Å²) < 4.78 is 5.39. The summed E-state index contributed by atoms with van der Waals surface area (Å²) in [5.74, 6) is -0.0595. The molecule has 1 amide bonds. The fraction of sp³-hybridized carbons (Fsp3) is 0.304. The largest absolute Gasteiger partial charge is 0.370 e. The van der Waals surface area contributed by atoms with Crippen LogP contribution in [0, 0.1) is 0 Å². The summed E-state index contributed by atoms with van der Waals surface area (Å²) in [6, 6.07) is 17.1. The molecule has 0 radical (unpaired) electrons. The van der Waals surface area contributed by atoms with E-state index in [1.165, 1.54) is 0 Å². The Hall–Kier alpha value is -2.47. The van der Waals surface area contributed by atoms with E-state index < -0.39 is 0 Å². The number of rotatable bonds is 6. The molecular weight excluding hydrogens is 386 g/mol. The summed E-state index contributed by atoms with van der Waals surface area (Å²) in [7, 11) is 0. The first-order valence-corrected chi connectivity index (χ1v) is 10.4. The summed E-state index contributed by atoms with van der Waals surface area (Å²) >= 11 is 6.01. The molecule has 0 spiro atoms. The normalized spacial score (nSPS) is 14.8. The lowest BCUT2D eigenvalue weighted by molar-refractivity contribution is -0.908. The first-order chi connectivity index (χ1) is 14.2. The fourth-order valence-electron chi connectivity index (χ4n) is 3.68. The second kappa shape index (κ2) is 9.35. The maximum absolute atomic E-state index is 13.0. The Morgan fingerprint density at radius 2 is 1.86 bits per heavy atom. The minimum atomic E-state index is -0.0595. The van der Waals surface area contributed by atoms with Gasteiger partial charge in [0.2, 0.25) is 0 Å². The van der Waals surface area contributed by atoms with Crippen molar-refractivity contribution in [2.24, 2.45) is 0 Å². The summed E-state index contributed by atoms with van der Waals surface area (Å²) in [5.41, 5.74) is 3.16. The van der Waals surface area contributed by atoms with Crippen molar-refractivity contribution >= 4 is 28.4 Å². The third-order valence-corrected chi connectivity index (χ3v) is 5.55. The molecule has 0 unspecified atom stereocenters. The lowest BCUT2D eigenvalue weighted by atomic mass is 10.0. The number of benzene rings is 2. The van der Waals surface area contributed by atoms with E-state index in [4.69, 9.17) is 21.3 Å². The number of halogens is 1. The van der Waals surface area contributed by atoms with Gasteiger partial charge >= 0.3 is 0 Å². The lowest BCUT2D eigenvalue weighted by Crippen LogP contribution is -3.14. The third-order valence-electron chi connectivity index (χ3n) is 5.29. The number of nitrogens with zero attached hydrogens (tertiary/aromatic N) is 1. The van der Waals surface area contributed by atoms with E-state index in [1.807, 2.05) is 54.6 Å². The number of ether oxygens (including phenoxy) is 1. The maximum atomic E-state index is 13.0. The Morgan fingerprint density at radius 1 is 1.10 bits per heavy atom. The van der Waals surface area contributed by atoms with Gasteiger partial charge in [0.05, 0.1) is 36.5 Å². The quantitative estimate of drug-likeness (QED) is 0.614. The Kier molecular flexibility index (Phi) is 6.39. The highest BCUT2D eigenvalue weighted by Crippen LogP contribution is 2.25. The molecule has 1 aliphatic rings. The van der Waals surface area contributed by atoms with E-state index in [1.54, 1.807) is 4.90 Å². The van der Waals surface area contributed by atoms with Crippen LogP contribution in [0.15, 0.2) is 54.6 Å². The van der Waals surface area contributed by atoms with Crippen LogP contribution < -0.4 is 10.2 Å². The van der Waals surface area contributed by atoms with Crippen molar-refractivity contribution in [2.75, 3.05) is 39.4 Å². The molecule has 5 nitrogen and oxygen atoms in total. The zero-order valence-electron chi connectivity index (χ0n) is 16.3. The van der Waals surface area contributed by atoms with Crippen LogP contribution >= 0.6 is 11.6 Å². The number of fused-ring (bicyclic) bond motifs is 1. The standard InChI is InChI=1S/C23H24ClN3O2/c24-18-8-6-17(7-9-18)22-16-20(19-4-1-2-5-21(19)26-22)23(28)25-10-3-11-27-12-14-29-15-13-27/h1-2,4-9,16H,3,10-15H2,(H,25,28)/p+1. The van der Waals surface area contributed by atoms with Gasteiger partial charge in [-0.15, -0.1) is 0 Å². The first kappa shape index (κ1) is 19.8. The molecule has 0 bridgehead atoms. The summed E-state index contributed by atoms with van der Waals surface area (Å²) in [6.45, 7) is 5.48. The average Bonchev–Trinajstić information content (AvgIpc) is 2.77. The van der Waals surface area contributed by atoms with Crippen molar-refractivity contribution in [3.63, 3.8) is 0 Å². The molecule has 2 N–H and O–H groups in total. The predicted octanol–water partition coefficient (Wildman–Crippen LogP) is 2.59. The summed E-state index contributed by atoms with van der Waals surface area (Å²) in [4.78, 5) is 19.2. The van der Waals surface area contributed by atoms with Crippen LogP contribution in [0.4, 0.5) is 0 Å². The summed E-state index contributed by atoms with van der Waals surface area (Å²) in [6.07, 6.45) is 0.953. The first-order valence-electron chi connectivity index (χ1n) is 10.1. The summed E-state index contributed by atoms with van der Waals surface area (Å²) in [5, 5.41) is 4.62. The van der Waals surface area contributed by atoms with E-state index in [9.17, 15) is 4.79 Å². The van der Waals surface area contributed by atoms with E-state index in [-0.39, 0.29) is 5.91 Å². The molecular formula is C23H25ClN3O2+. The number of carbonyl (C=O) groups is 1. The van der Waals surface area contributed by atoms with E-state index in [0.29, 0.717) is 17.1 Å². The van der Waals surface area contributed by atoms with Gasteiger partial charge < -0.3 is 15.0 Å². The molecule has 6 heteroatoms. The Morgan fingerprint density at radius 3 is 2.66 bits per heavy atom. The van der Waals surface area contributed by atoms with E-state index in [2.05, 4.69) is 5.32 Å². The van der Waals surface area contributed by atoms with Gasteiger partial charge in [-0.1, -0.05) is 41.9 Å². The molecule has 29 heavy (non-hydrogen) atoms. The van der Waals surface area contributed by atoms with Gasteiger partial charge in [-0.25, -0.2) is 4.98 Å². The molecule has 1 saturated heterocycles. The molecule has 0 atom stereocenters. The molecule has 1 aliphatic heterocycles. The zero-order valence-corrected chi connectivity index (χ0v) is 17.0. The number of morpholine rings is 1. The monoisotopic (exact) mass is 410 g/mol. The van der Waals surface area contributed by atoms with Crippen LogP contribution in [0.2, 0.25) is 5.02 Å².